The van der Waals surface area contributed by atoms with E-state index in [9.17, 15) is 4.39 Å². The SMILES string of the molecule is CC[C@H](Cl)c1ccc(F)cc1. The fraction of sp³-hybridized carbons (Fsp3) is 0.333. The Kier molecular flexibility index (Phi) is 2.89. The zero-order valence-electron chi connectivity index (χ0n) is 6.35. The molecule has 60 valence electrons. The molecule has 0 aliphatic heterocycles. The van der Waals surface area contributed by atoms with Crippen molar-refractivity contribution in [1.29, 1.82) is 0 Å². The molecule has 0 fully saturated rings. The Hall–Kier alpha value is -0.560. The molecule has 0 spiro atoms. The van der Waals surface area contributed by atoms with Gasteiger partial charge in [0.05, 0.1) is 5.38 Å². The van der Waals surface area contributed by atoms with Crippen molar-refractivity contribution in [3.63, 3.8) is 0 Å². The van der Waals surface area contributed by atoms with Gasteiger partial charge in [0.15, 0.2) is 0 Å². The van der Waals surface area contributed by atoms with Gasteiger partial charge in [-0.15, -0.1) is 11.6 Å². The van der Waals surface area contributed by atoms with Crippen LogP contribution in [-0.4, -0.2) is 0 Å². The topological polar surface area (TPSA) is 0 Å². The van der Waals surface area contributed by atoms with Crippen LogP contribution in [0.25, 0.3) is 0 Å². The lowest BCUT2D eigenvalue weighted by molar-refractivity contribution is 0.626. The first-order valence-electron chi connectivity index (χ1n) is 3.63. The van der Waals surface area contributed by atoms with E-state index in [0.29, 0.717) is 0 Å². The zero-order chi connectivity index (χ0) is 8.27. The maximum absolute atomic E-state index is 12.4. The number of halogens is 2. The molecular weight excluding hydrogens is 163 g/mol. The second-order valence-corrected chi connectivity index (χ2v) is 2.95. The molecule has 0 radical (unpaired) electrons. The summed E-state index contributed by atoms with van der Waals surface area (Å²) in [5.74, 6) is -0.214. The molecular formula is C9H10ClF. The molecule has 0 nitrogen and oxygen atoms in total. The molecule has 0 bridgehead atoms. The molecule has 0 saturated carbocycles. The monoisotopic (exact) mass is 172 g/mol. The Morgan fingerprint density at radius 2 is 1.91 bits per heavy atom. The van der Waals surface area contributed by atoms with Gasteiger partial charge in [0.25, 0.3) is 0 Å². The maximum Gasteiger partial charge on any atom is 0.123 e. The van der Waals surface area contributed by atoms with Crippen molar-refractivity contribution >= 4 is 11.6 Å². The summed E-state index contributed by atoms with van der Waals surface area (Å²) in [6, 6.07) is 6.30. The molecule has 1 rings (SSSR count). The van der Waals surface area contributed by atoms with Gasteiger partial charge in [0.1, 0.15) is 5.82 Å². The summed E-state index contributed by atoms with van der Waals surface area (Å²) >= 11 is 5.92. The minimum Gasteiger partial charge on any atom is -0.207 e. The summed E-state index contributed by atoms with van der Waals surface area (Å²) in [6.07, 6.45) is 0.868. The van der Waals surface area contributed by atoms with E-state index in [2.05, 4.69) is 0 Å². The van der Waals surface area contributed by atoms with Crippen LogP contribution in [0.1, 0.15) is 24.3 Å². The number of alkyl halides is 1. The highest BCUT2D eigenvalue weighted by Gasteiger charge is 2.03. The number of hydrogen-bond acceptors (Lipinski definition) is 0. The lowest BCUT2D eigenvalue weighted by atomic mass is 10.1. The molecule has 11 heavy (non-hydrogen) atoms. The molecule has 0 aromatic heterocycles. The van der Waals surface area contributed by atoms with Crippen molar-refractivity contribution in [3.05, 3.63) is 35.6 Å². The predicted molar refractivity (Wildman–Crippen MR) is 45.3 cm³/mol. The van der Waals surface area contributed by atoms with Crippen molar-refractivity contribution in [1.82, 2.24) is 0 Å². The summed E-state index contributed by atoms with van der Waals surface area (Å²) in [5.41, 5.74) is 0.982. The van der Waals surface area contributed by atoms with Gasteiger partial charge in [0.2, 0.25) is 0 Å². The number of benzene rings is 1. The van der Waals surface area contributed by atoms with Gasteiger partial charge < -0.3 is 0 Å². The van der Waals surface area contributed by atoms with Gasteiger partial charge in [-0.1, -0.05) is 19.1 Å². The molecule has 1 aromatic carbocycles. The minimum absolute atomic E-state index is 0.00981. The number of hydrogen-bond donors (Lipinski definition) is 0. The summed E-state index contributed by atoms with van der Waals surface area (Å²) in [6.45, 7) is 2.00. The largest absolute Gasteiger partial charge is 0.207 e. The van der Waals surface area contributed by atoms with E-state index >= 15 is 0 Å². The van der Waals surface area contributed by atoms with E-state index in [4.69, 9.17) is 11.6 Å². The van der Waals surface area contributed by atoms with E-state index in [1.165, 1.54) is 12.1 Å². The average molecular weight is 173 g/mol. The molecule has 2 heteroatoms. The lowest BCUT2D eigenvalue weighted by Crippen LogP contribution is -1.87. The van der Waals surface area contributed by atoms with Crippen molar-refractivity contribution in [2.45, 2.75) is 18.7 Å². The van der Waals surface area contributed by atoms with E-state index in [-0.39, 0.29) is 11.2 Å². The quantitative estimate of drug-likeness (QED) is 0.599. The van der Waals surface area contributed by atoms with Crippen LogP contribution in [0, 0.1) is 5.82 Å². The lowest BCUT2D eigenvalue weighted by Gasteiger charge is -2.04. The van der Waals surface area contributed by atoms with Crippen LogP contribution in [0.2, 0.25) is 0 Å². The van der Waals surface area contributed by atoms with Crippen LogP contribution >= 0.6 is 11.6 Å². The predicted octanol–water partition coefficient (Wildman–Crippen LogP) is 3.52. The molecule has 0 unspecified atom stereocenters. The highest BCUT2D eigenvalue weighted by atomic mass is 35.5. The zero-order valence-corrected chi connectivity index (χ0v) is 7.11. The molecule has 1 aromatic rings. The average Bonchev–Trinajstić information content (AvgIpc) is 2.05. The standard InChI is InChI=1S/C9H10ClF/c1-2-9(10)7-3-5-8(11)6-4-7/h3-6,9H,2H2,1H3/t9-/m0/s1. The Labute approximate surface area is 71.0 Å². The Balaban J connectivity index is 2.81. The highest BCUT2D eigenvalue weighted by molar-refractivity contribution is 6.20. The smallest absolute Gasteiger partial charge is 0.123 e. The van der Waals surface area contributed by atoms with Crippen LogP contribution in [0.3, 0.4) is 0 Å². The van der Waals surface area contributed by atoms with Gasteiger partial charge in [0, 0.05) is 0 Å². The second-order valence-electron chi connectivity index (χ2n) is 2.43. The second kappa shape index (κ2) is 3.72. The Morgan fingerprint density at radius 1 is 1.36 bits per heavy atom. The maximum atomic E-state index is 12.4. The van der Waals surface area contributed by atoms with Crippen molar-refractivity contribution in [3.8, 4) is 0 Å². The van der Waals surface area contributed by atoms with E-state index in [0.717, 1.165) is 12.0 Å². The van der Waals surface area contributed by atoms with Crippen LogP contribution in [0.5, 0.6) is 0 Å². The van der Waals surface area contributed by atoms with E-state index < -0.39 is 0 Å². The van der Waals surface area contributed by atoms with Gasteiger partial charge >= 0.3 is 0 Å². The third kappa shape index (κ3) is 2.19. The van der Waals surface area contributed by atoms with Crippen LogP contribution < -0.4 is 0 Å². The summed E-state index contributed by atoms with van der Waals surface area (Å²) in [5, 5.41) is 0.00981. The third-order valence-electron chi connectivity index (χ3n) is 1.59. The van der Waals surface area contributed by atoms with E-state index in [1.54, 1.807) is 12.1 Å². The first-order chi connectivity index (χ1) is 5.24. The first-order valence-corrected chi connectivity index (χ1v) is 4.07. The molecule has 0 N–H and O–H groups in total. The Morgan fingerprint density at radius 3 is 2.36 bits per heavy atom. The van der Waals surface area contributed by atoms with Gasteiger partial charge in [-0.3, -0.25) is 0 Å². The third-order valence-corrected chi connectivity index (χ3v) is 2.15. The van der Waals surface area contributed by atoms with Crippen molar-refractivity contribution in [2.75, 3.05) is 0 Å². The fourth-order valence-electron chi connectivity index (χ4n) is 0.907. The van der Waals surface area contributed by atoms with Crippen molar-refractivity contribution < 1.29 is 4.39 Å². The molecule has 0 aliphatic rings. The van der Waals surface area contributed by atoms with Gasteiger partial charge in [-0.2, -0.15) is 0 Å². The summed E-state index contributed by atoms with van der Waals surface area (Å²) < 4.78 is 12.4. The Bertz CT molecular complexity index is 218. The molecule has 0 aliphatic carbocycles. The fourth-order valence-corrected chi connectivity index (χ4v) is 1.05. The normalized spacial score (nSPS) is 13.0. The molecule has 1 atom stereocenters. The van der Waals surface area contributed by atoms with Crippen LogP contribution in [0.15, 0.2) is 24.3 Å². The number of rotatable bonds is 2. The van der Waals surface area contributed by atoms with Crippen molar-refractivity contribution in [2.24, 2.45) is 0 Å². The highest BCUT2D eigenvalue weighted by Crippen LogP contribution is 2.23. The van der Waals surface area contributed by atoms with Crippen LogP contribution in [-0.2, 0) is 0 Å². The van der Waals surface area contributed by atoms with Gasteiger partial charge in [-0.25, -0.2) is 4.39 Å². The molecule has 0 amide bonds. The summed E-state index contributed by atoms with van der Waals surface area (Å²) in [7, 11) is 0. The van der Waals surface area contributed by atoms with E-state index in [1.807, 2.05) is 6.92 Å². The molecule has 0 heterocycles. The first kappa shape index (κ1) is 8.54. The van der Waals surface area contributed by atoms with Gasteiger partial charge in [-0.05, 0) is 24.1 Å². The molecule has 0 saturated heterocycles. The van der Waals surface area contributed by atoms with Crippen LogP contribution in [0.4, 0.5) is 4.39 Å². The minimum atomic E-state index is -0.214. The summed E-state index contributed by atoms with van der Waals surface area (Å²) in [4.78, 5) is 0.